The molecule has 0 fully saturated rings. The molecule has 0 spiro atoms. The number of fused-ring (bicyclic) bond motifs is 1. The van der Waals surface area contributed by atoms with E-state index in [2.05, 4.69) is 15.3 Å². The molecular formula is C6H6N6O2. The van der Waals surface area contributed by atoms with E-state index in [9.17, 15) is 9.59 Å². The number of aromatic nitrogens is 5. The minimum absolute atomic E-state index is 0.0600. The van der Waals surface area contributed by atoms with Gasteiger partial charge < -0.3 is 5.73 Å². The van der Waals surface area contributed by atoms with E-state index in [1.54, 1.807) is 0 Å². The van der Waals surface area contributed by atoms with Gasteiger partial charge in [-0.3, -0.25) is 4.79 Å². The fourth-order valence-corrected chi connectivity index (χ4v) is 1.05. The molecule has 72 valence electrons. The van der Waals surface area contributed by atoms with Gasteiger partial charge in [-0.2, -0.15) is 4.68 Å². The number of primary amides is 1. The standard InChI is InChI=1S/C6H6N6O2/c1-11-6(14)12-2-8-3(4(7)13)5(12)9-10-11/h2H,1H3,(H2,7,13)/i1+1. The smallest absolute Gasteiger partial charge is 0.352 e. The second-order valence-corrected chi connectivity index (χ2v) is 2.65. The van der Waals surface area contributed by atoms with Gasteiger partial charge in [0.15, 0.2) is 11.3 Å². The van der Waals surface area contributed by atoms with Gasteiger partial charge in [0, 0.05) is 7.05 Å². The van der Waals surface area contributed by atoms with Gasteiger partial charge in [-0.1, -0.05) is 5.21 Å². The zero-order chi connectivity index (χ0) is 10.3. The monoisotopic (exact) mass is 195 g/mol. The second kappa shape index (κ2) is 2.62. The molecule has 0 unspecified atom stereocenters. The third-order valence-corrected chi connectivity index (χ3v) is 1.73. The number of imidazole rings is 1. The molecule has 2 heterocycles. The summed E-state index contributed by atoms with van der Waals surface area (Å²) in [5, 5.41) is 7.14. The lowest BCUT2D eigenvalue weighted by atomic mass is 10.4. The fraction of sp³-hybridized carbons (Fsp3) is 0.167. The van der Waals surface area contributed by atoms with Crippen molar-refractivity contribution in [3.8, 4) is 0 Å². The van der Waals surface area contributed by atoms with Crippen molar-refractivity contribution in [3.05, 3.63) is 22.5 Å². The Kier molecular flexibility index (Phi) is 1.56. The van der Waals surface area contributed by atoms with Crippen LogP contribution in [-0.4, -0.2) is 30.3 Å². The van der Waals surface area contributed by atoms with Gasteiger partial charge >= 0.3 is 5.69 Å². The van der Waals surface area contributed by atoms with Crippen LogP contribution >= 0.6 is 0 Å². The SMILES string of the molecule is [13CH3]n1nnc2c(C(N)=O)ncn2c1=O. The Bertz CT molecular complexity index is 567. The van der Waals surface area contributed by atoms with Crippen LogP contribution in [0.25, 0.3) is 5.65 Å². The second-order valence-electron chi connectivity index (χ2n) is 2.65. The summed E-state index contributed by atoms with van der Waals surface area (Å²) in [6.07, 6.45) is 1.19. The molecule has 0 atom stereocenters. The minimum atomic E-state index is -0.741. The highest BCUT2D eigenvalue weighted by Gasteiger charge is 2.13. The van der Waals surface area contributed by atoms with E-state index >= 15 is 0 Å². The van der Waals surface area contributed by atoms with Crippen LogP contribution in [0.4, 0.5) is 0 Å². The maximum Gasteiger partial charge on any atom is 0.352 e. The van der Waals surface area contributed by atoms with Gasteiger partial charge in [0.2, 0.25) is 0 Å². The maximum atomic E-state index is 11.4. The van der Waals surface area contributed by atoms with Gasteiger partial charge in [0.25, 0.3) is 5.91 Å². The van der Waals surface area contributed by atoms with Crippen LogP contribution in [-0.2, 0) is 7.05 Å². The van der Waals surface area contributed by atoms with E-state index in [-0.39, 0.29) is 11.3 Å². The largest absolute Gasteiger partial charge is 0.364 e. The zero-order valence-corrected chi connectivity index (χ0v) is 7.21. The van der Waals surface area contributed by atoms with Crippen LogP contribution < -0.4 is 11.4 Å². The zero-order valence-electron chi connectivity index (χ0n) is 7.21. The van der Waals surface area contributed by atoms with Crippen molar-refractivity contribution in [2.75, 3.05) is 0 Å². The Morgan fingerprint density at radius 1 is 1.57 bits per heavy atom. The molecule has 2 N–H and O–H groups in total. The summed E-state index contributed by atoms with van der Waals surface area (Å²) in [7, 11) is 1.44. The summed E-state index contributed by atoms with van der Waals surface area (Å²) < 4.78 is 2.13. The van der Waals surface area contributed by atoms with E-state index < -0.39 is 11.6 Å². The molecule has 0 aliphatic carbocycles. The molecule has 0 saturated heterocycles. The number of carbonyl (C=O) groups is 1. The Morgan fingerprint density at radius 3 is 2.93 bits per heavy atom. The quantitative estimate of drug-likeness (QED) is 0.525. The highest BCUT2D eigenvalue weighted by atomic mass is 16.2. The Balaban J connectivity index is 2.91. The molecule has 8 heteroatoms. The van der Waals surface area contributed by atoms with Crippen LogP contribution in [0, 0.1) is 0 Å². The van der Waals surface area contributed by atoms with Crippen LogP contribution in [0.15, 0.2) is 11.1 Å². The molecule has 8 nitrogen and oxygen atoms in total. The lowest BCUT2D eigenvalue weighted by Gasteiger charge is -1.95. The first-order valence-corrected chi connectivity index (χ1v) is 3.68. The summed E-state index contributed by atoms with van der Waals surface area (Å²) in [5.41, 5.74) is 4.60. The summed E-state index contributed by atoms with van der Waals surface area (Å²) in [6.45, 7) is 0. The molecular weight excluding hydrogens is 189 g/mol. The van der Waals surface area contributed by atoms with Gasteiger partial charge in [-0.25, -0.2) is 14.2 Å². The summed E-state index contributed by atoms with van der Waals surface area (Å²) in [5.74, 6) is -0.741. The minimum Gasteiger partial charge on any atom is -0.364 e. The van der Waals surface area contributed by atoms with Crippen molar-refractivity contribution in [3.63, 3.8) is 0 Å². The van der Waals surface area contributed by atoms with Crippen LogP contribution in [0.1, 0.15) is 10.5 Å². The summed E-state index contributed by atoms with van der Waals surface area (Å²) >= 11 is 0. The highest BCUT2D eigenvalue weighted by Crippen LogP contribution is 2.00. The predicted octanol–water partition coefficient (Wildman–Crippen LogP) is -2.08. The van der Waals surface area contributed by atoms with Gasteiger partial charge in [0.05, 0.1) is 0 Å². The molecule has 0 saturated carbocycles. The first-order valence-electron chi connectivity index (χ1n) is 3.68. The number of carbonyl (C=O) groups excluding carboxylic acids is 1. The van der Waals surface area contributed by atoms with Crippen molar-refractivity contribution in [1.82, 2.24) is 24.4 Å². The Labute approximate surface area is 77.0 Å². The van der Waals surface area contributed by atoms with E-state index in [4.69, 9.17) is 5.73 Å². The number of amides is 1. The number of aryl methyl sites for hydroxylation is 1. The van der Waals surface area contributed by atoms with Crippen LogP contribution in [0.3, 0.4) is 0 Å². The van der Waals surface area contributed by atoms with E-state index in [0.29, 0.717) is 0 Å². The van der Waals surface area contributed by atoms with Crippen LogP contribution in [0.2, 0.25) is 0 Å². The van der Waals surface area contributed by atoms with Gasteiger partial charge in [0.1, 0.15) is 6.33 Å². The molecule has 0 aliphatic rings. The molecule has 2 rings (SSSR count). The van der Waals surface area contributed by atoms with Gasteiger partial charge in [-0.15, -0.1) is 5.10 Å². The lowest BCUT2D eigenvalue weighted by molar-refractivity contribution is 0.0997. The predicted molar refractivity (Wildman–Crippen MR) is 44.5 cm³/mol. The number of nitrogens with two attached hydrogens (primary N) is 1. The van der Waals surface area contributed by atoms with E-state index in [1.807, 2.05) is 0 Å². The van der Waals surface area contributed by atoms with Crippen molar-refractivity contribution in [2.45, 2.75) is 0 Å². The first kappa shape index (κ1) is 8.35. The fourth-order valence-electron chi connectivity index (χ4n) is 1.05. The number of rotatable bonds is 1. The molecule has 0 bridgehead atoms. The molecule has 1 amide bonds. The average Bonchev–Trinajstić information content (AvgIpc) is 2.55. The normalized spacial score (nSPS) is 10.6. The molecule has 2 aromatic rings. The first-order chi connectivity index (χ1) is 6.61. The molecule has 0 aromatic carbocycles. The Morgan fingerprint density at radius 2 is 2.29 bits per heavy atom. The van der Waals surface area contributed by atoms with Crippen molar-refractivity contribution < 1.29 is 4.79 Å². The van der Waals surface area contributed by atoms with E-state index in [0.717, 1.165) is 9.08 Å². The van der Waals surface area contributed by atoms with Crippen LogP contribution in [0.5, 0.6) is 0 Å². The highest BCUT2D eigenvalue weighted by molar-refractivity contribution is 5.96. The average molecular weight is 195 g/mol. The van der Waals surface area contributed by atoms with Crippen molar-refractivity contribution in [1.29, 1.82) is 0 Å². The van der Waals surface area contributed by atoms with Gasteiger partial charge in [-0.05, 0) is 0 Å². The summed E-state index contributed by atoms with van der Waals surface area (Å²) in [6, 6.07) is 0. The number of hydrogen-bond donors (Lipinski definition) is 1. The third-order valence-electron chi connectivity index (χ3n) is 1.73. The Hall–Kier alpha value is -2.25. The van der Waals surface area contributed by atoms with Crippen molar-refractivity contribution in [2.24, 2.45) is 12.8 Å². The molecule has 0 aliphatic heterocycles. The molecule has 2 aromatic heterocycles. The summed E-state index contributed by atoms with van der Waals surface area (Å²) in [4.78, 5) is 25.9. The number of hydrogen-bond acceptors (Lipinski definition) is 5. The molecule has 14 heavy (non-hydrogen) atoms. The number of nitrogens with zero attached hydrogens (tertiary/aromatic N) is 5. The topological polar surface area (TPSA) is 108 Å². The van der Waals surface area contributed by atoms with E-state index in [1.165, 1.54) is 13.4 Å². The van der Waals surface area contributed by atoms with Crippen molar-refractivity contribution >= 4 is 11.6 Å². The lowest BCUT2D eigenvalue weighted by Crippen LogP contribution is -2.27. The maximum absolute atomic E-state index is 11.4. The third kappa shape index (κ3) is 0.969. The molecule has 0 radical (unpaired) electrons.